The Morgan fingerprint density at radius 2 is 1.91 bits per heavy atom. The number of ether oxygens (including phenoxy) is 3. The molecule has 1 aliphatic rings. The molecule has 124 valence electrons. The van der Waals surface area contributed by atoms with Crippen molar-refractivity contribution in [1.29, 1.82) is 0 Å². The molecule has 1 aliphatic heterocycles. The Labute approximate surface area is 134 Å². The van der Waals surface area contributed by atoms with Crippen LogP contribution in [0.5, 0.6) is 5.75 Å². The predicted octanol–water partition coefficient (Wildman–Crippen LogP) is 2.93. The largest absolute Gasteiger partial charge is 0.491 e. The normalized spacial score (nSPS) is 17.4. The van der Waals surface area contributed by atoms with Gasteiger partial charge < -0.3 is 14.2 Å². The van der Waals surface area contributed by atoms with Gasteiger partial charge in [0.2, 0.25) is 0 Å². The van der Waals surface area contributed by atoms with Crippen molar-refractivity contribution in [2.75, 3.05) is 52.7 Å². The molecule has 1 aromatic rings. The number of para-hydroxylation sites is 1. The van der Waals surface area contributed by atoms with Gasteiger partial charge in [0.05, 0.1) is 26.4 Å². The zero-order valence-corrected chi connectivity index (χ0v) is 13.9. The number of hydrogen-bond acceptors (Lipinski definition) is 4. The minimum atomic E-state index is 0.526. The van der Waals surface area contributed by atoms with E-state index in [-0.39, 0.29) is 0 Å². The summed E-state index contributed by atoms with van der Waals surface area (Å²) in [4.78, 5) is 2.38. The first kappa shape index (κ1) is 17.3. The van der Waals surface area contributed by atoms with Gasteiger partial charge >= 0.3 is 0 Å². The molecular weight excluding hydrogens is 278 g/mol. The molecule has 0 unspecified atom stereocenters. The number of morpholine rings is 1. The molecular formula is C18H29NO3. The molecule has 1 atom stereocenters. The second-order valence-electron chi connectivity index (χ2n) is 5.76. The molecule has 1 aromatic carbocycles. The molecule has 22 heavy (non-hydrogen) atoms. The topological polar surface area (TPSA) is 30.9 Å². The van der Waals surface area contributed by atoms with Crippen molar-refractivity contribution in [2.24, 2.45) is 0 Å². The van der Waals surface area contributed by atoms with Crippen molar-refractivity contribution in [3.05, 3.63) is 29.8 Å². The monoisotopic (exact) mass is 307 g/mol. The zero-order chi connectivity index (χ0) is 15.6. The first-order chi connectivity index (χ1) is 10.8. The Morgan fingerprint density at radius 1 is 1.14 bits per heavy atom. The lowest BCUT2D eigenvalue weighted by Gasteiger charge is -2.26. The average molecular weight is 307 g/mol. The number of hydrogen-bond donors (Lipinski definition) is 0. The molecule has 0 radical (unpaired) electrons. The number of rotatable bonds is 9. The third kappa shape index (κ3) is 5.59. The highest BCUT2D eigenvalue weighted by atomic mass is 16.5. The molecule has 0 saturated carbocycles. The second-order valence-corrected chi connectivity index (χ2v) is 5.76. The van der Waals surface area contributed by atoms with Crippen molar-refractivity contribution in [1.82, 2.24) is 4.90 Å². The van der Waals surface area contributed by atoms with E-state index in [0.29, 0.717) is 19.1 Å². The lowest BCUT2D eigenvalue weighted by atomic mass is 9.98. The summed E-state index contributed by atoms with van der Waals surface area (Å²) < 4.78 is 16.9. The molecule has 0 amide bonds. The molecule has 4 nitrogen and oxygen atoms in total. The molecule has 0 aromatic heterocycles. The Kier molecular flexibility index (Phi) is 7.71. The van der Waals surface area contributed by atoms with E-state index in [0.717, 1.165) is 51.6 Å². The first-order valence-corrected chi connectivity index (χ1v) is 8.40. The van der Waals surface area contributed by atoms with Gasteiger partial charge in [0, 0.05) is 19.6 Å². The maximum atomic E-state index is 5.89. The van der Waals surface area contributed by atoms with Crippen LogP contribution in [0.15, 0.2) is 24.3 Å². The van der Waals surface area contributed by atoms with Gasteiger partial charge in [-0.05, 0) is 24.0 Å². The Balaban J connectivity index is 1.62. The van der Waals surface area contributed by atoms with Crippen LogP contribution < -0.4 is 4.74 Å². The summed E-state index contributed by atoms with van der Waals surface area (Å²) in [6.07, 6.45) is 1.12. The van der Waals surface area contributed by atoms with Crippen molar-refractivity contribution < 1.29 is 14.2 Å². The van der Waals surface area contributed by atoms with Gasteiger partial charge in [-0.3, -0.25) is 4.90 Å². The number of benzene rings is 1. The van der Waals surface area contributed by atoms with Gasteiger partial charge in [-0.25, -0.2) is 0 Å². The number of nitrogens with zero attached hydrogens (tertiary/aromatic N) is 1. The SMILES string of the molecule is CC[C@H](C)c1ccccc1OCCOCCN1CCOCC1. The van der Waals surface area contributed by atoms with Gasteiger partial charge in [-0.1, -0.05) is 32.0 Å². The van der Waals surface area contributed by atoms with Crippen LogP contribution >= 0.6 is 0 Å². The van der Waals surface area contributed by atoms with Gasteiger partial charge in [0.15, 0.2) is 0 Å². The van der Waals surface area contributed by atoms with E-state index in [4.69, 9.17) is 14.2 Å². The predicted molar refractivity (Wildman–Crippen MR) is 88.7 cm³/mol. The Morgan fingerprint density at radius 3 is 2.68 bits per heavy atom. The van der Waals surface area contributed by atoms with Gasteiger partial charge in [-0.15, -0.1) is 0 Å². The minimum absolute atomic E-state index is 0.526. The summed E-state index contributed by atoms with van der Waals surface area (Å²) in [5.41, 5.74) is 1.29. The van der Waals surface area contributed by atoms with Crippen LogP contribution in [0.4, 0.5) is 0 Å². The Bertz CT molecular complexity index is 419. The summed E-state index contributed by atoms with van der Waals surface area (Å²) in [6, 6.07) is 8.31. The van der Waals surface area contributed by atoms with Crippen molar-refractivity contribution in [2.45, 2.75) is 26.2 Å². The van der Waals surface area contributed by atoms with Gasteiger partial charge in [-0.2, -0.15) is 0 Å². The average Bonchev–Trinajstić information content (AvgIpc) is 2.58. The maximum absolute atomic E-state index is 5.89. The lowest BCUT2D eigenvalue weighted by Crippen LogP contribution is -2.38. The summed E-state index contributed by atoms with van der Waals surface area (Å²) >= 11 is 0. The fourth-order valence-corrected chi connectivity index (χ4v) is 2.57. The molecule has 0 N–H and O–H groups in total. The van der Waals surface area contributed by atoms with Crippen molar-refractivity contribution in [3.8, 4) is 5.75 Å². The van der Waals surface area contributed by atoms with E-state index in [1.165, 1.54) is 5.56 Å². The summed E-state index contributed by atoms with van der Waals surface area (Å²) in [5.74, 6) is 1.52. The van der Waals surface area contributed by atoms with Crippen LogP contribution in [0.25, 0.3) is 0 Å². The molecule has 1 fully saturated rings. The Hall–Kier alpha value is -1.10. The molecule has 0 spiro atoms. The van der Waals surface area contributed by atoms with Crippen LogP contribution in [0, 0.1) is 0 Å². The summed E-state index contributed by atoms with van der Waals surface area (Å²) in [7, 11) is 0. The molecule has 1 heterocycles. The third-order valence-electron chi connectivity index (χ3n) is 4.20. The van der Waals surface area contributed by atoms with Crippen molar-refractivity contribution >= 4 is 0 Å². The van der Waals surface area contributed by atoms with E-state index in [1.807, 2.05) is 6.07 Å². The van der Waals surface area contributed by atoms with E-state index >= 15 is 0 Å². The van der Waals surface area contributed by atoms with E-state index in [9.17, 15) is 0 Å². The van der Waals surface area contributed by atoms with Crippen LogP contribution in [-0.2, 0) is 9.47 Å². The standard InChI is InChI=1S/C18H29NO3/c1-3-16(2)17-6-4-5-7-18(17)22-15-14-21-13-10-19-8-11-20-12-9-19/h4-7,16H,3,8-15H2,1-2H3/t16-/m0/s1. The minimum Gasteiger partial charge on any atom is -0.491 e. The van der Waals surface area contributed by atoms with E-state index in [2.05, 4.69) is 36.9 Å². The third-order valence-corrected chi connectivity index (χ3v) is 4.20. The van der Waals surface area contributed by atoms with Crippen LogP contribution in [0.3, 0.4) is 0 Å². The van der Waals surface area contributed by atoms with Gasteiger partial charge in [0.1, 0.15) is 12.4 Å². The van der Waals surface area contributed by atoms with Crippen LogP contribution in [0.2, 0.25) is 0 Å². The summed E-state index contributed by atoms with van der Waals surface area (Å²) in [6.45, 7) is 11.1. The lowest BCUT2D eigenvalue weighted by molar-refractivity contribution is 0.0170. The smallest absolute Gasteiger partial charge is 0.122 e. The highest BCUT2D eigenvalue weighted by molar-refractivity contribution is 5.35. The van der Waals surface area contributed by atoms with E-state index in [1.54, 1.807) is 0 Å². The second kappa shape index (κ2) is 9.82. The maximum Gasteiger partial charge on any atom is 0.122 e. The molecule has 0 aliphatic carbocycles. The fraction of sp³-hybridized carbons (Fsp3) is 0.667. The van der Waals surface area contributed by atoms with Gasteiger partial charge in [0.25, 0.3) is 0 Å². The van der Waals surface area contributed by atoms with Crippen molar-refractivity contribution in [3.63, 3.8) is 0 Å². The highest BCUT2D eigenvalue weighted by Gasteiger charge is 2.10. The molecule has 4 heteroatoms. The molecule has 1 saturated heterocycles. The van der Waals surface area contributed by atoms with Crippen LogP contribution in [0.1, 0.15) is 31.7 Å². The van der Waals surface area contributed by atoms with Crippen LogP contribution in [-0.4, -0.2) is 57.6 Å². The first-order valence-electron chi connectivity index (χ1n) is 8.40. The fourth-order valence-electron chi connectivity index (χ4n) is 2.57. The molecule has 2 rings (SSSR count). The summed E-state index contributed by atoms with van der Waals surface area (Å²) in [5, 5.41) is 0. The quantitative estimate of drug-likeness (QED) is 0.656. The van der Waals surface area contributed by atoms with E-state index < -0.39 is 0 Å². The highest BCUT2D eigenvalue weighted by Crippen LogP contribution is 2.28. The zero-order valence-electron chi connectivity index (χ0n) is 13.9. The molecule has 0 bridgehead atoms.